The summed E-state index contributed by atoms with van der Waals surface area (Å²) < 4.78 is 5.17. The van der Waals surface area contributed by atoms with E-state index in [9.17, 15) is 9.59 Å². The van der Waals surface area contributed by atoms with Crippen LogP contribution < -0.4 is 5.32 Å². The highest BCUT2D eigenvalue weighted by Gasteiger charge is 2.39. The largest absolute Gasteiger partial charge is 0.459 e. The molecule has 0 radical (unpaired) electrons. The predicted octanol–water partition coefficient (Wildman–Crippen LogP) is 1.92. The van der Waals surface area contributed by atoms with Gasteiger partial charge in [-0.1, -0.05) is 0 Å². The van der Waals surface area contributed by atoms with E-state index in [1.807, 2.05) is 30.9 Å². The molecular weight excluding hydrogens is 344 g/mol. The summed E-state index contributed by atoms with van der Waals surface area (Å²) in [5, 5.41) is 3.00. The highest BCUT2D eigenvalue weighted by molar-refractivity contribution is 5.91. The molecule has 2 aromatic heterocycles. The lowest BCUT2D eigenvalue weighted by molar-refractivity contribution is -0.135. The van der Waals surface area contributed by atoms with Gasteiger partial charge in [0, 0.05) is 44.6 Å². The van der Waals surface area contributed by atoms with E-state index in [1.165, 1.54) is 6.26 Å². The zero-order valence-corrected chi connectivity index (χ0v) is 15.8. The Hall–Kier alpha value is -2.67. The molecule has 0 bridgehead atoms. The quantitative estimate of drug-likeness (QED) is 0.806. The van der Waals surface area contributed by atoms with Gasteiger partial charge < -0.3 is 14.6 Å². The number of carbonyl (C=O) groups excluding carboxylic acids is 2. The maximum atomic E-state index is 13.0. The van der Waals surface area contributed by atoms with Crippen molar-refractivity contribution in [2.45, 2.75) is 38.9 Å². The molecule has 2 aromatic rings. The van der Waals surface area contributed by atoms with Gasteiger partial charge >= 0.3 is 0 Å². The number of furan rings is 1. The molecule has 2 unspecified atom stereocenters. The minimum atomic E-state index is -0.250. The predicted molar refractivity (Wildman–Crippen MR) is 101 cm³/mol. The Labute approximate surface area is 159 Å². The molecule has 1 saturated heterocycles. The van der Waals surface area contributed by atoms with Crippen LogP contribution in [0.15, 0.2) is 47.3 Å². The van der Waals surface area contributed by atoms with Crippen molar-refractivity contribution >= 4 is 11.8 Å². The number of nitrogens with zero attached hydrogens (tertiary/aromatic N) is 3. The number of hydrogen-bond donors (Lipinski definition) is 1. The number of hydrogen-bond acceptors (Lipinski definition) is 5. The molecule has 0 aliphatic carbocycles. The number of aromatic nitrogens is 1. The summed E-state index contributed by atoms with van der Waals surface area (Å²) in [6.45, 7) is 6.59. The molecule has 3 rings (SSSR count). The first-order valence-corrected chi connectivity index (χ1v) is 9.38. The molecule has 7 heteroatoms. The third kappa shape index (κ3) is 4.54. The molecule has 27 heavy (non-hydrogen) atoms. The van der Waals surface area contributed by atoms with Crippen LogP contribution in [0.3, 0.4) is 0 Å². The topological polar surface area (TPSA) is 78.7 Å². The molecule has 7 nitrogen and oxygen atoms in total. The molecule has 1 aliphatic heterocycles. The molecular formula is C20H26N4O3. The van der Waals surface area contributed by atoms with Gasteiger partial charge in [0.15, 0.2) is 5.76 Å². The Bertz CT molecular complexity index is 744. The summed E-state index contributed by atoms with van der Waals surface area (Å²) in [6, 6.07) is 6.87. The molecule has 0 saturated carbocycles. The van der Waals surface area contributed by atoms with Gasteiger partial charge in [-0.05, 0) is 50.1 Å². The minimum Gasteiger partial charge on any atom is -0.459 e. The van der Waals surface area contributed by atoms with Crippen molar-refractivity contribution in [1.82, 2.24) is 20.1 Å². The van der Waals surface area contributed by atoms with Crippen molar-refractivity contribution < 1.29 is 14.0 Å². The summed E-state index contributed by atoms with van der Waals surface area (Å²) in [5.41, 5.74) is 1.10. The van der Waals surface area contributed by atoms with Crippen LogP contribution in [0.5, 0.6) is 0 Å². The second-order valence-electron chi connectivity index (χ2n) is 6.69. The van der Waals surface area contributed by atoms with Crippen molar-refractivity contribution in [1.29, 1.82) is 0 Å². The second-order valence-corrected chi connectivity index (χ2v) is 6.69. The zero-order chi connectivity index (χ0) is 19.2. The van der Waals surface area contributed by atoms with Crippen LogP contribution in [0.4, 0.5) is 0 Å². The van der Waals surface area contributed by atoms with Crippen LogP contribution in [0.25, 0.3) is 0 Å². The maximum Gasteiger partial charge on any atom is 0.287 e. The van der Waals surface area contributed by atoms with E-state index in [1.54, 1.807) is 24.5 Å². The minimum absolute atomic E-state index is 0.103. The van der Waals surface area contributed by atoms with E-state index in [0.717, 1.165) is 5.56 Å². The number of pyridine rings is 1. The van der Waals surface area contributed by atoms with E-state index in [4.69, 9.17) is 4.42 Å². The lowest BCUT2D eigenvalue weighted by atomic mass is 10.1. The Morgan fingerprint density at radius 3 is 2.63 bits per heavy atom. The fourth-order valence-electron chi connectivity index (χ4n) is 3.57. The second kappa shape index (κ2) is 8.81. The number of nitrogens with one attached hydrogen (secondary N) is 1. The van der Waals surface area contributed by atoms with Crippen molar-refractivity contribution in [3.05, 3.63) is 54.2 Å². The van der Waals surface area contributed by atoms with Gasteiger partial charge in [-0.3, -0.25) is 19.5 Å². The van der Waals surface area contributed by atoms with E-state index >= 15 is 0 Å². The van der Waals surface area contributed by atoms with Crippen molar-refractivity contribution in [2.24, 2.45) is 0 Å². The molecule has 0 aromatic carbocycles. The van der Waals surface area contributed by atoms with Crippen LogP contribution in [0.2, 0.25) is 0 Å². The van der Waals surface area contributed by atoms with E-state index < -0.39 is 0 Å². The summed E-state index contributed by atoms with van der Waals surface area (Å²) >= 11 is 0. The molecule has 1 fully saturated rings. The Morgan fingerprint density at radius 1 is 1.26 bits per heavy atom. The fourth-order valence-corrected chi connectivity index (χ4v) is 3.57. The zero-order valence-electron chi connectivity index (χ0n) is 15.8. The Balaban J connectivity index is 1.73. The summed E-state index contributed by atoms with van der Waals surface area (Å²) in [6.07, 6.45) is 5.57. The fraction of sp³-hybridized carbons (Fsp3) is 0.450. The Morgan fingerprint density at radius 2 is 2.00 bits per heavy atom. The summed E-state index contributed by atoms with van der Waals surface area (Å²) in [4.78, 5) is 33.4. The van der Waals surface area contributed by atoms with E-state index in [2.05, 4.69) is 15.2 Å². The lowest BCUT2D eigenvalue weighted by Gasteiger charge is -2.28. The molecule has 1 aliphatic rings. The van der Waals surface area contributed by atoms with E-state index in [-0.39, 0.29) is 29.7 Å². The molecule has 2 amide bonds. The highest BCUT2D eigenvalue weighted by Crippen LogP contribution is 2.23. The first-order valence-electron chi connectivity index (χ1n) is 9.38. The number of likely N-dealkylation sites (tertiary alicyclic amines) is 1. The van der Waals surface area contributed by atoms with Gasteiger partial charge in [0.2, 0.25) is 5.91 Å². The number of rotatable bonds is 7. The van der Waals surface area contributed by atoms with Crippen LogP contribution in [0.1, 0.15) is 36.4 Å². The van der Waals surface area contributed by atoms with Gasteiger partial charge in [-0.2, -0.15) is 0 Å². The molecule has 144 valence electrons. The van der Waals surface area contributed by atoms with Crippen molar-refractivity contribution in [3.8, 4) is 0 Å². The molecule has 2 atom stereocenters. The maximum absolute atomic E-state index is 13.0. The van der Waals surface area contributed by atoms with Crippen LogP contribution in [-0.4, -0.2) is 58.3 Å². The number of carbonyl (C=O) groups is 2. The van der Waals surface area contributed by atoms with Gasteiger partial charge in [0.05, 0.1) is 12.3 Å². The lowest BCUT2D eigenvalue weighted by Crippen LogP contribution is -2.45. The molecule has 0 spiro atoms. The number of amides is 2. The average Bonchev–Trinajstić information content (AvgIpc) is 3.34. The van der Waals surface area contributed by atoms with Gasteiger partial charge in [-0.25, -0.2) is 0 Å². The smallest absolute Gasteiger partial charge is 0.287 e. The summed E-state index contributed by atoms with van der Waals surface area (Å²) in [7, 11) is 0. The third-order valence-electron chi connectivity index (χ3n) is 4.98. The standard InChI is InChI=1S/C20H26N4O3/c1-3-23(4-2)20(26)17-12-16(22-19(25)18-6-5-11-27-18)14-24(17)13-15-7-9-21-10-8-15/h5-11,16-17H,3-4,12-14H2,1-2H3,(H,22,25). The van der Waals surface area contributed by atoms with Gasteiger partial charge in [0.25, 0.3) is 5.91 Å². The van der Waals surface area contributed by atoms with Crippen molar-refractivity contribution in [2.75, 3.05) is 19.6 Å². The normalized spacial score (nSPS) is 19.8. The first-order chi connectivity index (χ1) is 13.1. The monoisotopic (exact) mass is 370 g/mol. The van der Waals surface area contributed by atoms with E-state index in [0.29, 0.717) is 32.6 Å². The highest BCUT2D eigenvalue weighted by atomic mass is 16.3. The van der Waals surface area contributed by atoms with Gasteiger partial charge in [0.1, 0.15) is 0 Å². The molecule has 3 heterocycles. The summed E-state index contributed by atoms with van der Waals surface area (Å²) in [5.74, 6) is 0.155. The van der Waals surface area contributed by atoms with Crippen LogP contribution in [-0.2, 0) is 11.3 Å². The first kappa shape index (κ1) is 19.1. The van der Waals surface area contributed by atoms with Crippen molar-refractivity contribution in [3.63, 3.8) is 0 Å². The van der Waals surface area contributed by atoms with Gasteiger partial charge in [-0.15, -0.1) is 0 Å². The third-order valence-corrected chi connectivity index (χ3v) is 4.98. The van der Waals surface area contributed by atoms with Crippen LogP contribution >= 0.6 is 0 Å². The Kier molecular flexibility index (Phi) is 6.24. The van der Waals surface area contributed by atoms with Crippen LogP contribution in [0, 0.1) is 0 Å². The molecule has 1 N–H and O–H groups in total. The SMILES string of the molecule is CCN(CC)C(=O)C1CC(NC(=O)c2ccco2)CN1Cc1ccncc1. The average molecular weight is 370 g/mol. The number of likely N-dealkylation sites (N-methyl/N-ethyl adjacent to an activating group) is 1.